The maximum atomic E-state index is 12.1. The highest BCUT2D eigenvalue weighted by molar-refractivity contribution is 6.08. The van der Waals surface area contributed by atoms with Crippen LogP contribution in [-0.4, -0.2) is 11.1 Å². The first kappa shape index (κ1) is 14.1. The Balaban J connectivity index is 2.54. The third kappa shape index (κ3) is 2.02. The first-order valence-electron chi connectivity index (χ1n) is 6.77. The Hall–Kier alpha value is -2.82. The number of carbonyl (C=O) groups is 1. The van der Waals surface area contributed by atoms with Crippen LogP contribution in [-0.2, 0) is 4.79 Å². The molecule has 3 aromatic rings. The van der Waals surface area contributed by atoms with Crippen molar-refractivity contribution >= 4 is 27.7 Å². The van der Waals surface area contributed by atoms with Gasteiger partial charge in [-0.25, -0.2) is 4.79 Å². The highest BCUT2D eigenvalue weighted by Gasteiger charge is 2.17. The van der Waals surface area contributed by atoms with Crippen molar-refractivity contribution in [2.75, 3.05) is 0 Å². The molecule has 0 fully saturated rings. The molecular formula is C17H14O5. The number of aromatic hydroxyl groups is 1. The number of hydrogen-bond acceptors (Lipinski definition) is 5. The molecule has 3 rings (SSSR count). The summed E-state index contributed by atoms with van der Waals surface area (Å²) in [5.74, 6) is -0.115. The Morgan fingerprint density at radius 3 is 2.64 bits per heavy atom. The summed E-state index contributed by atoms with van der Waals surface area (Å²) >= 11 is 0. The molecule has 0 unspecified atom stereocenters. The van der Waals surface area contributed by atoms with Gasteiger partial charge in [0.2, 0.25) is 0 Å². The Morgan fingerprint density at radius 1 is 1.23 bits per heavy atom. The van der Waals surface area contributed by atoms with Gasteiger partial charge in [0.15, 0.2) is 0 Å². The van der Waals surface area contributed by atoms with Gasteiger partial charge in [-0.3, -0.25) is 4.79 Å². The molecule has 1 heterocycles. The van der Waals surface area contributed by atoms with E-state index in [9.17, 15) is 14.7 Å². The lowest BCUT2D eigenvalue weighted by atomic mass is 10.00. The zero-order chi connectivity index (χ0) is 16.0. The standard InChI is InChI=1S/C17H14O5/c1-8-7-13-14(9(2)16(8)21-10(3)18)11-5-4-6-12(19)15(11)17(20)22-13/h4-7,19H,1-3H3. The van der Waals surface area contributed by atoms with Crippen LogP contribution in [0.15, 0.2) is 33.5 Å². The SMILES string of the molecule is CC(=O)Oc1c(C)cc2oc(=O)c3c(O)cccc3c2c1C. The number of esters is 1. The summed E-state index contributed by atoms with van der Waals surface area (Å²) in [6.45, 7) is 4.90. The topological polar surface area (TPSA) is 76.7 Å². The van der Waals surface area contributed by atoms with Crippen LogP contribution < -0.4 is 10.4 Å². The van der Waals surface area contributed by atoms with E-state index in [0.717, 1.165) is 0 Å². The first-order chi connectivity index (χ1) is 10.4. The van der Waals surface area contributed by atoms with Crippen LogP contribution in [0.1, 0.15) is 18.1 Å². The van der Waals surface area contributed by atoms with Gasteiger partial charge in [0.05, 0.1) is 0 Å². The lowest BCUT2D eigenvalue weighted by molar-refractivity contribution is -0.131. The molecule has 2 aromatic carbocycles. The van der Waals surface area contributed by atoms with Crippen molar-refractivity contribution < 1.29 is 19.1 Å². The number of hydrogen-bond donors (Lipinski definition) is 1. The minimum absolute atomic E-state index is 0.121. The average Bonchev–Trinajstić information content (AvgIpc) is 2.42. The zero-order valence-corrected chi connectivity index (χ0v) is 12.4. The van der Waals surface area contributed by atoms with E-state index in [4.69, 9.17) is 9.15 Å². The summed E-state index contributed by atoms with van der Waals surface area (Å²) < 4.78 is 10.6. The molecule has 0 radical (unpaired) electrons. The van der Waals surface area contributed by atoms with Gasteiger partial charge >= 0.3 is 11.6 Å². The fraction of sp³-hybridized carbons (Fsp3) is 0.176. The number of rotatable bonds is 1. The molecule has 0 aliphatic carbocycles. The van der Waals surface area contributed by atoms with Crippen LogP contribution in [0.3, 0.4) is 0 Å². The van der Waals surface area contributed by atoms with Gasteiger partial charge < -0.3 is 14.3 Å². The number of carbonyl (C=O) groups excluding carboxylic acids is 1. The molecule has 0 saturated carbocycles. The van der Waals surface area contributed by atoms with E-state index in [0.29, 0.717) is 33.2 Å². The monoisotopic (exact) mass is 298 g/mol. The van der Waals surface area contributed by atoms with Gasteiger partial charge in [0, 0.05) is 23.3 Å². The van der Waals surface area contributed by atoms with Crippen LogP contribution >= 0.6 is 0 Å². The van der Waals surface area contributed by atoms with E-state index >= 15 is 0 Å². The van der Waals surface area contributed by atoms with Crippen LogP contribution in [0.5, 0.6) is 11.5 Å². The number of phenols is 1. The van der Waals surface area contributed by atoms with Gasteiger partial charge in [-0.05, 0) is 31.5 Å². The summed E-state index contributed by atoms with van der Waals surface area (Å²) in [7, 11) is 0. The van der Waals surface area contributed by atoms with E-state index in [1.807, 2.05) is 0 Å². The van der Waals surface area contributed by atoms with Gasteiger partial charge in [0.1, 0.15) is 22.5 Å². The molecule has 0 amide bonds. The van der Waals surface area contributed by atoms with Crippen molar-refractivity contribution in [1.82, 2.24) is 0 Å². The summed E-state index contributed by atoms with van der Waals surface area (Å²) in [5.41, 5.74) is 1.18. The summed E-state index contributed by atoms with van der Waals surface area (Å²) in [4.78, 5) is 23.4. The van der Waals surface area contributed by atoms with Crippen molar-refractivity contribution in [1.29, 1.82) is 0 Å². The van der Waals surface area contributed by atoms with E-state index in [1.165, 1.54) is 13.0 Å². The van der Waals surface area contributed by atoms with E-state index in [1.54, 1.807) is 32.0 Å². The van der Waals surface area contributed by atoms with E-state index in [-0.39, 0.29) is 11.1 Å². The molecule has 5 nitrogen and oxygen atoms in total. The summed E-state index contributed by atoms with van der Waals surface area (Å²) in [6.07, 6.45) is 0. The lowest BCUT2D eigenvalue weighted by Crippen LogP contribution is -2.06. The molecule has 0 aliphatic heterocycles. The van der Waals surface area contributed by atoms with Crippen LogP contribution in [0.4, 0.5) is 0 Å². The number of ether oxygens (including phenoxy) is 1. The third-order valence-electron chi connectivity index (χ3n) is 3.63. The highest BCUT2D eigenvalue weighted by atomic mass is 16.5. The van der Waals surface area contributed by atoms with Crippen LogP contribution in [0.25, 0.3) is 21.7 Å². The minimum Gasteiger partial charge on any atom is -0.507 e. The number of benzene rings is 2. The van der Waals surface area contributed by atoms with Crippen LogP contribution in [0, 0.1) is 13.8 Å². The molecule has 0 spiro atoms. The summed E-state index contributed by atoms with van der Waals surface area (Å²) in [6, 6.07) is 6.47. The average molecular weight is 298 g/mol. The second-order valence-electron chi connectivity index (χ2n) is 5.20. The maximum absolute atomic E-state index is 12.1. The third-order valence-corrected chi connectivity index (χ3v) is 3.63. The van der Waals surface area contributed by atoms with Crippen molar-refractivity contribution in [2.24, 2.45) is 0 Å². The Bertz CT molecular complexity index is 982. The number of aryl methyl sites for hydroxylation is 2. The highest BCUT2D eigenvalue weighted by Crippen LogP contribution is 2.36. The Labute approximate surface area is 125 Å². The molecule has 1 aromatic heterocycles. The Morgan fingerprint density at radius 2 is 1.95 bits per heavy atom. The van der Waals surface area contributed by atoms with Crippen molar-refractivity contribution in [3.63, 3.8) is 0 Å². The fourth-order valence-electron chi connectivity index (χ4n) is 2.76. The molecule has 112 valence electrons. The van der Waals surface area contributed by atoms with Crippen molar-refractivity contribution in [2.45, 2.75) is 20.8 Å². The number of fused-ring (bicyclic) bond motifs is 3. The first-order valence-corrected chi connectivity index (χ1v) is 6.77. The molecule has 22 heavy (non-hydrogen) atoms. The predicted molar refractivity (Wildman–Crippen MR) is 82.4 cm³/mol. The van der Waals surface area contributed by atoms with Crippen LogP contribution in [0.2, 0.25) is 0 Å². The van der Waals surface area contributed by atoms with Crippen molar-refractivity contribution in [3.05, 3.63) is 45.8 Å². The minimum atomic E-state index is -0.598. The molecular weight excluding hydrogens is 284 g/mol. The number of phenolic OH excluding ortho intramolecular Hbond substituents is 1. The van der Waals surface area contributed by atoms with E-state index in [2.05, 4.69) is 0 Å². The lowest BCUT2D eigenvalue weighted by Gasteiger charge is -2.13. The summed E-state index contributed by atoms with van der Waals surface area (Å²) in [5, 5.41) is 11.3. The van der Waals surface area contributed by atoms with Gasteiger partial charge in [-0.2, -0.15) is 0 Å². The molecule has 1 N–H and O–H groups in total. The smallest absolute Gasteiger partial charge is 0.347 e. The molecule has 0 atom stereocenters. The second kappa shape index (κ2) is 4.87. The molecule has 0 bridgehead atoms. The second-order valence-corrected chi connectivity index (χ2v) is 5.20. The maximum Gasteiger partial charge on any atom is 0.347 e. The van der Waals surface area contributed by atoms with E-state index < -0.39 is 11.6 Å². The normalized spacial score (nSPS) is 11.0. The quantitative estimate of drug-likeness (QED) is 0.323. The molecule has 5 heteroatoms. The molecule has 0 aliphatic rings. The Kier molecular flexibility index (Phi) is 3.13. The zero-order valence-electron chi connectivity index (χ0n) is 12.4. The predicted octanol–water partition coefficient (Wildman–Crippen LogP) is 3.19. The molecule has 0 saturated heterocycles. The van der Waals surface area contributed by atoms with Gasteiger partial charge in [-0.1, -0.05) is 12.1 Å². The largest absolute Gasteiger partial charge is 0.507 e. The van der Waals surface area contributed by atoms with Gasteiger partial charge in [0.25, 0.3) is 0 Å². The van der Waals surface area contributed by atoms with Crippen molar-refractivity contribution in [3.8, 4) is 11.5 Å². The fourth-order valence-corrected chi connectivity index (χ4v) is 2.76. The van der Waals surface area contributed by atoms with Gasteiger partial charge in [-0.15, -0.1) is 0 Å².